The summed E-state index contributed by atoms with van der Waals surface area (Å²) in [6, 6.07) is 8.87. The molecule has 4 N–H and O–H groups in total. The lowest BCUT2D eigenvalue weighted by molar-refractivity contribution is -0.00177. The van der Waals surface area contributed by atoms with E-state index in [1.807, 2.05) is 12.1 Å². The Morgan fingerprint density at radius 2 is 2.15 bits per heavy atom. The molecule has 0 bridgehead atoms. The van der Waals surface area contributed by atoms with Gasteiger partial charge in [0.05, 0.1) is 64.2 Å². The van der Waals surface area contributed by atoms with Crippen molar-refractivity contribution < 1.29 is 19.4 Å². The first kappa shape index (κ1) is 23.6. The zero-order valence-electron chi connectivity index (χ0n) is 19.0. The Balaban J connectivity index is 1.67. The molecule has 3 atom stereocenters. The first-order valence-electron chi connectivity index (χ1n) is 11.1. The number of nitrogens with one attached hydrogen (secondary N) is 2. The van der Waals surface area contributed by atoms with E-state index in [0.717, 1.165) is 18.4 Å². The van der Waals surface area contributed by atoms with Crippen LogP contribution in [0.3, 0.4) is 0 Å². The van der Waals surface area contributed by atoms with Crippen LogP contribution in [0.2, 0.25) is 0 Å². The lowest BCUT2D eigenvalue weighted by Crippen LogP contribution is -2.42. The second-order valence-electron chi connectivity index (χ2n) is 9.11. The number of nitrogens with zero attached hydrogens (tertiary/aromatic N) is 4. The second-order valence-corrected chi connectivity index (χ2v) is 9.11. The van der Waals surface area contributed by atoms with Crippen LogP contribution in [-0.4, -0.2) is 61.2 Å². The summed E-state index contributed by atoms with van der Waals surface area (Å²) in [7, 11) is 0. The Morgan fingerprint density at radius 3 is 2.82 bits per heavy atom. The van der Waals surface area contributed by atoms with Crippen LogP contribution in [0.4, 0.5) is 10.1 Å². The van der Waals surface area contributed by atoms with E-state index in [4.69, 9.17) is 5.26 Å². The number of pyridine rings is 1. The van der Waals surface area contributed by atoms with Crippen LogP contribution in [0.25, 0.3) is 16.9 Å². The minimum absolute atomic E-state index is 0.200. The number of halogens is 1. The maximum atomic E-state index is 14.2. The van der Waals surface area contributed by atoms with Gasteiger partial charge in [0.25, 0.3) is 5.91 Å². The van der Waals surface area contributed by atoms with Crippen LogP contribution in [0, 0.1) is 11.3 Å². The quantitative estimate of drug-likeness (QED) is 0.420. The average Bonchev–Trinajstić information content (AvgIpc) is 3.41. The molecule has 1 amide bonds. The number of fused-ring (bicyclic) bond motifs is 1. The van der Waals surface area contributed by atoms with Crippen molar-refractivity contribution in [2.24, 2.45) is 0 Å². The third kappa shape index (κ3) is 4.85. The van der Waals surface area contributed by atoms with E-state index in [1.165, 1.54) is 26.2 Å². The van der Waals surface area contributed by atoms with Crippen molar-refractivity contribution in [1.29, 1.82) is 5.26 Å². The standard InChI is InChI=1S/C24H27FN6O3/c1-24(2,34)22(25)13-28-23(33)16-12-27-19(9-18(16)30-17-4-3-5-21(17)32)20-7-6-15-8-14(10-26)11-29-31(15)20/h6-9,11-12,17,21-22,32,34H,3-5,13H2,1-2H3,(H,27,30)(H,28,33)/t17-,21+,22+/m0/s1. The highest BCUT2D eigenvalue weighted by molar-refractivity contribution is 6.00. The monoisotopic (exact) mass is 466 g/mol. The summed E-state index contributed by atoms with van der Waals surface area (Å²) in [5.41, 5.74) is 1.42. The Labute approximate surface area is 196 Å². The molecule has 1 saturated carbocycles. The molecule has 0 radical (unpaired) electrons. The zero-order chi connectivity index (χ0) is 24.5. The van der Waals surface area contributed by atoms with E-state index < -0.39 is 23.8 Å². The number of rotatable bonds is 7. The number of hydrogen-bond acceptors (Lipinski definition) is 7. The SMILES string of the molecule is CC(C)(O)[C@H](F)CNC(=O)c1cnc(-c2ccc3cc(C#N)cnn23)cc1N[C@H]1CCC[C@H]1O. The van der Waals surface area contributed by atoms with Gasteiger partial charge in [0, 0.05) is 6.20 Å². The average molecular weight is 467 g/mol. The van der Waals surface area contributed by atoms with Crippen LogP contribution in [0.5, 0.6) is 0 Å². The van der Waals surface area contributed by atoms with Crippen LogP contribution in [0.15, 0.2) is 36.7 Å². The number of hydrogen-bond donors (Lipinski definition) is 4. The first-order valence-corrected chi connectivity index (χ1v) is 11.1. The Morgan fingerprint density at radius 1 is 1.35 bits per heavy atom. The largest absolute Gasteiger partial charge is 0.391 e. The number of alkyl halides is 1. The number of carbonyl (C=O) groups excluding carboxylic acids is 1. The van der Waals surface area contributed by atoms with Crippen molar-refractivity contribution in [3.63, 3.8) is 0 Å². The molecule has 0 aliphatic heterocycles. The molecule has 178 valence electrons. The van der Waals surface area contributed by atoms with E-state index in [1.54, 1.807) is 16.6 Å². The number of nitriles is 1. The summed E-state index contributed by atoms with van der Waals surface area (Å²) in [5, 5.41) is 39.3. The summed E-state index contributed by atoms with van der Waals surface area (Å²) in [5.74, 6) is -0.544. The summed E-state index contributed by atoms with van der Waals surface area (Å²) >= 11 is 0. The normalized spacial score (nSPS) is 19.1. The van der Waals surface area contributed by atoms with E-state index in [2.05, 4.69) is 26.8 Å². The molecule has 1 aliphatic rings. The minimum atomic E-state index is -1.65. The molecule has 10 heteroatoms. The number of aliphatic hydroxyl groups is 2. The van der Waals surface area contributed by atoms with Crippen molar-refractivity contribution in [2.75, 3.05) is 11.9 Å². The van der Waals surface area contributed by atoms with Gasteiger partial charge >= 0.3 is 0 Å². The number of anilines is 1. The predicted molar refractivity (Wildman–Crippen MR) is 124 cm³/mol. The van der Waals surface area contributed by atoms with Crippen molar-refractivity contribution in [3.05, 3.63) is 47.8 Å². The van der Waals surface area contributed by atoms with Crippen molar-refractivity contribution >= 4 is 17.1 Å². The smallest absolute Gasteiger partial charge is 0.255 e. The number of amides is 1. The molecule has 3 aromatic heterocycles. The molecular weight excluding hydrogens is 439 g/mol. The van der Waals surface area contributed by atoms with Crippen LogP contribution < -0.4 is 10.6 Å². The van der Waals surface area contributed by atoms with Gasteiger partial charge in [0.15, 0.2) is 0 Å². The highest BCUT2D eigenvalue weighted by atomic mass is 19.1. The predicted octanol–water partition coefficient (Wildman–Crippen LogP) is 2.43. The molecule has 3 aromatic rings. The maximum absolute atomic E-state index is 14.2. The van der Waals surface area contributed by atoms with Gasteiger partial charge in [-0.15, -0.1) is 0 Å². The van der Waals surface area contributed by atoms with Crippen LogP contribution in [-0.2, 0) is 0 Å². The van der Waals surface area contributed by atoms with Crippen LogP contribution in [0.1, 0.15) is 49.0 Å². The molecule has 4 rings (SSSR count). The molecule has 1 fully saturated rings. The zero-order valence-corrected chi connectivity index (χ0v) is 19.0. The molecule has 9 nitrogen and oxygen atoms in total. The first-order chi connectivity index (χ1) is 16.2. The van der Waals surface area contributed by atoms with Gasteiger partial charge in [-0.3, -0.25) is 9.78 Å². The fraction of sp³-hybridized carbons (Fsp3) is 0.417. The van der Waals surface area contributed by atoms with E-state index >= 15 is 0 Å². The molecule has 34 heavy (non-hydrogen) atoms. The summed E-state index contributed by atoms with van der Waals surface area (Å²) in [6.45, 7) is 2.32. The van der Waals surface area contributed by atoms with E-state index in [0.29, 0.717) is 29.1 Å². The van der Waals surface area contributed by atoms with Gasteiger partial charge in [-0.25, -0.2) is 8.91 Å². The topological polar surface area (TPSA) is 136 Å². The van der Waals surface area contributed by atoms with Crippen LogP contribution >= 0.6 is 0 Å². The lowest BCUT2D eigenvalue weighted by atomic mass is 10.0. The third-order valence-electron chi connectivity index (χ3n) is 6.07. The van der Waals surface area contributed by atoms with Gasteiger partial charge in [0.1, 0.15) is 12.2 Å². The molecule has 0 aromatic carbocycles. The second kappa shape index (κ2) is 9.37. The Hall–Kier alpha value is -3.55. The summed E-state index contributed by atoms with van der Waals surface area (Å²) < 4.78 is 15.8. The van der Waals surface area contributed by atoms with E-state index in [9.17, 15) is 19.4 Å². The van der Waals surface area contributed by atoms with Gasteiger partial charge < -0.3 is 20.8 Å². The van der Waals surface area contributed by atoms with Crippen molar-refractivity contribution in [2.45, 2.75) is 57.0 Å². The van der Waals surface area contributed by atoms with Gasteiger partial charge in [0.2, 0.25) is 0 Å². The Bertz CT molecular complexity index is 1250. The fourth-order valence-electron chi connectivity index (χ4n) is 3.99. The number of aromatic nitrogens is 3. The lowest BCUT2D eigenvalue weighted by Gasteiger charge is -2.23. The minimum Gasteiger partial charge on any atom is -0.391 e. The third-order valence-corrected chi connectivity index (χ3v) is 6.07. The molecule has 3 heterocycles. The fourth-order valence-corrected chi connectivity index (χ4v) is 3.99. The summed E-state index contributed by atoms with van der Waals surface area (Å²) in [4.78, 5) is 17.3. The molecular formula is C24H27FN6O3. The van der Waals surface area contributed by atoms with Crippen molar-refractivity contribution in [3.8, 4) is 17.5 Å². The number of aliphatic hydroxyl groups excluding tert-OH is 1. The van der Waals surface area contributed by atoms with Gasteiger partial charge in [-0.1, -0.05) is 0 Å². The molecule has 0 unspecified atom stereocenters. The summed E-state index contributed by atoms with van der Waals surface area (Å²) in [6.07, 6.45) is 2.95. The van der Waals surface area contributed by atoms with Crippen molar-refractivity contribution in [1.82, 2.24) is 19.9 Å². The van der Waals surface area contributed by atoms with Gasteiger partial charge in [-0.2, -0.15) is 10.4 Å². The van der Waals surface area contributed by atoms with E-state index in [-0.39, 0.29) is 18.2 Å². The number of carbonyl (C=O) groups is 1. The maximum Gasteiger partial charge on any atom is 0.255 e. The van der Waals surface area contributed by atoms with Gasteiger partial charge in [-0.05, 0) is 57.4 Å². The highest BCUT2D eigenvalue weighted by Crippen LogP contribution is 2.29. The molecule has 0 spiro atoms. The Kier molecular flexibility index (Phi) is 6.50. The molecule has 0 saturated heterocycles. The highest BCUT2D eigenvalue weighted by Gasteiger charge is 2.29. The molecule has 1 aliphatic carbocycles.